The Hall–Kier alpha value is -0.620. The van der Waals surface area contributed by atoms with Gasteiger partial charge in [-0.25, -0.2) is 8.42 Å². The molecule has 2 atom stereocenters. The van der Waals surface area contributed by atoms with Gasteiger partial charge in [0.2, 0.25) is 6.41 Å². The molecule has 0 aromatic rings. The maximum Gasteiger partial charge on any atom is 0.210 e. The average molecular weight is 247 g/mol. The second-order valence-corrected chi connectivity index (χ2v) is 6.72. The van der Waals surface area contributed by atoms with Gasteiger partial charge in [-0.15, -0.1) is 0 Å². The molecule has 5 nitrogen and oxygen atoms in total. The lowest BCUT2D eigenvalue weighted by Gasteiger charge is -2.26. The molecule has 2 saturated heterocycles. The summed E-state index contributed by atoms with van der Waals surface area (Å²) in [5, 5.41) is 0. The van der Waals surface area contributed by atoms with Crippen LogP contribution in [0, 0.1) is 0 Å². The fourth-order valence-electron chi connectivity index (χ4n) is 2.34. The predicted molar refractivity (Wildman–Crippen MR) is 58.8 cm³/mol. The van der Waals surface area contributed by atoms with Crippen LogP contribution in [-0.2, 0) is 19.4 Å². The third-order valence-electron chi connectivity index (χ3n) is 3.25. The van der Waals surface area contributed by atoms with Crippen molar-refractivity contribution in [2.24, 2.45) is 0 Å². The smallest absolute Gasteiger partial charge is 0.210 e. The normalized spacial score (nSPS) is 32.8. The monoisotopic (exact) mass is 247 g/mol. The third kappa shape index (κ3) is 2.74. The molecule has 0 radical (unpaired) electrons. The maximum absolute atomic E-state index is 11.3. The van der Waals surface area contributed by atoms with Gasteiger partial charge in [0.15, 0.2) is 9.84 Å². The highest BCUT2D eigenvalue weighted by Gasteiger charge is 2.33. The fraction of sp³-hybridized carbons (Fsp3) is 0.900. The van der Waals surface area contributed by atoms with Crippen molar-refractivity contribution in [3.63, 3.8) is 0 Å². The molecule has 6 heteroatoms. The minimum Gasteiger partial charge on any atom is -0.376 e. The lowest BCUT2D eigenvalue weighted by Crippen LogP contribution is -2.40. The molecule has 1 amide bonds. The first-order chi connectivity index (χ1) is 7.61. The van der Waals surface area contributed by atoms with Crippen molar-refractivity contribution in [1.82, 2.24) is 4.90 Å². The van der Waals surface area contributed by atoms with Crippen molar-refractivity contribution in [1.29, 1.82) is 0 Å². The zero-order chi connectivity index (χ0) is 11.6. The number of carbonyl (C=O) groups excluding carboxylic acids is 1. The Balaban J connectivity index is 1.92. The van der Waals surface area contributed by atoms with E-state index >= 15 is 0 Å². The van der Waals surface area contributed by atoms with E-state index in [0.717, 1.165) is 25.9 Å². The number of amides is 1. The summed E-state index contributed by atoms with van der Waals surface area (Å²) in [6, 6.07) is -0.147. The topological polar surface area (TPSA) is 63.7 Å². The summed E-state index contributed by atoms with van der Waals surface area (Å²) in [6.45, 7) is 1.28. The largest absolute Gasteiger partial charge is 0.376 e. The van der Waals surface area contributed by atoms with E-state index in [1.165, 1.54) is 0 Å². The van der Waals surface area contributed by atoms with Gasteiger partial charge in [-0.2, -0.15) is 0 Å². The number of rotatable bonds is 4. The van der Waals surface area contributed by atoms with Gasteiger partial charge in [-0.05, 0) is 19.3 Å². The molecule has 2 fully saturated rings. The molecule has 2 heterocycles. The second kappa shape index (κ2) is 4.71. The van der Waals surface area contributed by atoms with Crippen LogP contribution in [0.1, 0.15) is 19.3 Å². The summed E-state index contributed by atoms with van der Waals surface area (Å²) in [6.07, 6.45) is 3.40. The van der Waals surface area contributed by atoms with Gasteiger partial charge in [0.05, 0.1) is 17.6 Å². The minimum atomic E-state index is -2.93. The molecule has 0 aromatic carbocycles. The van der Waals surface area contributed by atoms with Crippen molar-refractivity contribution >= 4 is 16.2 Å². The summed E-state index contributed by atoms with van der Waals surface area (Å²) < 4.78 is 28.1. The molecule has 0 saturated carbocycles. The van der Waals surface area contributed by atoms with E-state index in [-0.39, 0.29) is 23.7 Å². The lowest BCUT2D eigenvalue weighted by molar-refractivity contribution is -0.121. The van der Waals surface area contributed by atoms with Gasteiger partial charge in [-0.1, -0.05) is 0 Å². The summed E-state index contributed by atoms with van der Waals surface area (Å²) >= 11 is 0. The van der Waals surface area contributed by atoms with Crippen LogP contribution in [0.5, 0.6) is 0 Å². The van der Waals surface area contributed by atoms with Crippen molar-refractivity contribution in [2.75, 3.05) is 24.7 Å². The standard InChI is InChI=1S/C10H17NO4S/c12-8-11(6-10-2-1-4-15-10)9-3-5-16(13,14)7-9/h8-10H,1-7H2/t9-,10+/m0/s1. The minimum absolute atomic E-state index is 0.0912. The van der Waals surface area contributed by atoms with Crippen LogP contribution in [0.25, 0.3) is 0 Å². The number of hydrogen-bond acceptors (Lipinski definition) is 4. The van der Waals surface area contributed by atoms with Gasteiger partial charge in [0.25, 0.3) is 0 Å². The Bertz CT molecular complexity index is 348. The highest BCUT2D eigenvalue weighted by atomic mass is 32.2. The van der Waals surface area contributed by atoms with E-state index in [1.54, 1.807) is 4.90 Å². The number of carbonyl (C=O) groups is 1. The summed E-state index contributed by atoms with van der Waals surface area (Å²) in [5.41, 5.74) is 0. The highest BCUT2D eigenvalue weighted by molar-refractivity contribution is 7.91. The molecule has 0 unspecified atom stereocenters. The van der Waals surface area contributed by atoms with Crippen LogP contribution >= 0.6 is 0 Å². The first-order valence-corrected chi connectivity index (χ1v) is 7.46. The molecule has 16 heavy (non-hydrogen) atoms. The van der Waals surface area contributed by atoms with E-state index in [0.29, 0.717) is 13.0 Å². The third-order valence-corrected chi connectivity index (χ3v) is 5.00. The lowest BCUT2D eigenvalue weighted by atomic mass is 10.2. The first-order valence-electron chi connectivity index (χ1n) is 5.64. The van der Waals surface area contributed by atoms with Crippen LogP contribution in [0.3, 0.4) is 0 Å². The van der Waals surface area contributed by atoms with Crippen LogP contribution in [0.15, 0.2) is 0 Å². The Morgan fingerprint density at radius 2 is 2.19 bits per heavy atom. The predicted octanol–water partition coefficient (Wildman–Crippen LogP) is -0.189. The Morgan fingerprint density at radius 1 is 1.38 bits per heavy atom. The molecule has 2 aliphatic rings. The quantitative estimate of drug-likeness (QED) is 0.646. The van der Waals surface area contributed by atoms with Gasteiger partial charge < -0.3 is 9.64 Å². The fourth-order valence-corrected chi connectivity index (χ4v) is 4.08. The Kier molecular flexibility index (Phi) is 3.49. The number of nitrogens with zero attached hydrogens (tertiary/aromatic N) is 1. The molecule has 0 N–H and O–H groups in total. The van der Waals surface area contributed by atoms with Crippen LogP contribution in [-0.4, -0.2) is 56.5 Å². The molecular formula is C10H17NO4S. The van der Waals surface area contributed by atoms with E-state index in [4.69, 9.17) is 4.74 Å². The summed E-state index contributed by atoms with van der Waals surface area (Å²) in [5.74, 6) is 0.311. The number of hydrogen-bond donors (Lipinski definition) is 0. The second-order valence-electron chi connectivity index (χ2n) is 4.49. The molecule has 0 bridgehead atoms. The zero-order valence-corrected chi connectivity index (χ0v) is 9.99. The van der Waals surface area contributed by atoms with Crippen molar-refractivity contribution in [2.45, 2.75) is 31.4 Å². The van der Waals surface area contributed by atoms with Gasteiger partial charge in [0.1, 0.15) is 0 Å². The Morgan fingerprint density at radius 3 is 2.69 bits per heavy atom. The summed E-state index contributed by atoms with van der Waals surface area (Å²) in [4.78, 5) is 12.6. The van der Waals surface area contributed by atoms with E-state index in [9.17, 15) is 13.2 Å². The Labute approximate surface area is 95.7 Å². The SMILES string of the molecule is O=CN(C[C@H]1CCCO1)[C@H]1CCS(=O)(=O)C1. The van der Waals surface area contributed by atoms with Crippen molar-refractivity contribution in [3.8, 4) is 0 Å². The molecule has 2 rings (SSSR count). The van der Waals surface area contributed by atoms with Crippen LogP contribution in [0.2, 0.25) is 0 Å². The molecule has 0 spiro atoms. The van der Waals surface area contributed by atoms with E-state index < -0.39 is 9.84 Å². The van der Waals surface area contributed by atoms with E-state index in [2.05, 4.69) is 0 Å². The molecule has 2 aliphatic heterocycles. The zero-order valence-electron chi connectivity index (χ0n) is 9.17. The molecule has 0 aliphatic carbocycles. The first kappa shape index (κ1) is 11.9. The van der Waals surface area contributed by atoms with Crippen molar-refractivity contribution < 1.29 is 17.9 Å². The maximum atomic E-state index is 11.3. The van der Waals surface area contributed by atoms with Gasteiger partial charge in [0, 0.05) is 19.2 Å². The number of sulfone groups is 1. The molecule has 0 aromatic heterocycles. The van der Waals surface area contributed by atoms with Crippen molar-refractivity contribution in [3.05, 3.63) is 0 Å². The molecule has 92 valence electrons. The van der Waals surface area contributed by atoms with Gasteiger partial charge >= 0.3 is 0 Å². The van der Waals surface area contributed by atoms with Gasteiger partial charge in [-0.3, -0.25) is 4.79 Å². The highest BCUT2D eigenvalue weighted by Crippen LogP contribution is 2.19. The number of ether oxygens (including phenoxy) is 1. The summed E-state index contributed by atoms with van der Waals surface area (Å²) in [7, 11) is -2.93. The van der Waals surface area contributed by atoms with Crippen LogP contribution < -0.4 is 0 Å². The molecular weight excluding hydrogens is 230 g/mol. The average Bonchev–Trinajstić information content (AvgIpc) is 2.83. The van der Waals surface area contributed by atoms with E-state index in [1.807, 2.05) is 0 Å². The van der Waals surface area contributed by atoms with Crippen LogP contribution in [0.4, 0.5) is 0 Å².